The van der Waals surface area contributed by atoms with E-state index in [0.29, 0.717) is 30.3 Å². The topological polar surface area (TPSA) is 42.0 Å². The molecule has 3 rings (SSSR count). The van der Waals surface area contributed by atoms with Crippen molar-refractivity contribution in [3.8, 4) is 11.5 Å². The van der Waals surface area contributed by atoms with E-state index >= 15 is 0 Å². The highest BCUT2D eigenvalue weighted by atomic mass is 19.4. The summed E-state index contributed by atoms with van der Waals surface area (Å²) in [7, 11) is 1.51. The van der Waals surface area contributed by atoms with Gasteiger partial charge in [0.1, 0.15) is 0 Å². The van der Waals surface area contributed by atoms with Gasteiger partial charge < -0.3 is 14.4 Å². The lowest BCUT2D eigenvalue weighted by Crippen LogP contribution is -2.46. The van der Waals surface area contributed by atoms with Crippen LogP contribution in [0.2, 0.25) is 0 Å². The molecule has 1 saturated heterocycles. The molecule has 0 radical (unpaired) electrons. The highest BCUT2D eigenvalue weighted by molar-refractivity contribution is 5.71. The summed E-state index contributed by atoms with van der Waals surface area (Å²) in [6.07, 6.45) is -0.346. The van der Waals surface area contributed by atoms with E-state index in [4.69, 9.17) is 9.47 Å². The number of piperazine rings is 1. The monoisotopic (exact) mass is 434 g/mol. The number of methoxy groups -OCH3 is 1. The number of carbonyl (C=O) groups is 1. The molecule has 0 N–H and O–H groups in total. The fraction of sp³-hybridized carbons (Fsp3) is 0.348. The minimum atomic E-state index is -4.33. The van der Waals surface area contributed by atoms with E-state index in [1.807, 2.05) is 23.1 Å². The first kappa shape index (κ1) is 22.7. The van der Waals surface area contributed by atoms with Crippen LogP contribution in [0.3, 0.4) is 0 Å². The van der Waals surface area contributed by atoms with E-state index in [1.54, 1.807) is 18.2 Å². The number of alkyl halides is 3. The zero-order valence-electron chi connectivity index (χ0n) is 17.5. The van der Waals surface area contributed by atoms with Crippen LogP contribution < -0.4 is 14.4 Å². The Morgan fingerprint density at radius 1 is 1.06 bits per heavy atom. The van der Waals surface area contributed by atoms with E-state index in [0.717, 1.165) is 31.3 Å². The van der Waals surface area contributed by atoms with Gasteiger partial charge in [-0.2, -0.15) is 13.2 Å². The van der Waals surface area contributed by atoms with Crippen molar-refractivity contribution in [3.05, 3.63) is 59.7 Å². The number of benzene rings is 2. The van der Waals surface area contributed by atoms with Crippen molar-refractivity contribution in [2.24, 2.45) is 0 Å². The van der Waals surface area contributed by atoms with Gasteiger partial charge in [-0.3, -0.25) is 9.69 Å². The Labute approximate surface area is 179 Å². The van der Waals surface area contributed by atoms with Gasteiger partial charge in [0, 0.05) is 45.3 Å². The van der Waals surface area contributed by atoms with Crippen LogP contribution in [0.25, 0.3) is 6.08 Å². The Morgan fingerprint density at radius 3 is 2.45 bits per heavy atom. The number of anilines is 1. The Balaban J connectivity index is 1.54. The lowest BCUT2D eigenvalue weighted by molar-refractivity contribution is -0.137. The highest BCUT2D eigenvalue weighted by Crippen LogP contribution is 2.32. The quantitative estimate of drug-likeness (QED) is 0.496. The number of rotatable bonds is 6. The first-order valence-electron chi connectivity index (χ1n) is 9.94. The Hall–Kier alpha value is -3.00. The molecule has 2 aromatic carbocycles. The highest BCUT2D eigenvalue weighted by Gasteiger charge is 2.31. The molecule has 5 nitrogen and oxygen atoms in total. The maximum Gasteiger partial charge on any atom is 0.416 e. The number of carbonyl (C=O) groups excluding carboxylic acids is 1. The maximum absolute atomic E-state index is 12.9. The lowest BCUT2D eigenvalue weighted by Gasteiger charge is -2.35. The molecular weight excluding hydrogens is 409 g/mol. The maximum atomic E-state index is 12.9. The molecule has 0 aromatic heterocycles. The van der Waals surface area contributed by atoms with Crippen molar-refractivity contribution < 1.29 is 27.4 Å². The van der Waals surface area contributed by atoms with Crippen LogP contribution in [-0.2, 0) is 11.0 Å². The van der Waals surface area contributed by atoms with Crippen molar-refractivity contribution in [3.63, 3.8) is 0 Å². The molecule has 8 heteroatoms. The molecule has 1 aliphatic heterocycles. The number of hydrogen-bond donors (Lipinski definition) is 0. The molecule has 0 amide bonds. The van der Waals surface area contributed by atoms with Crippen molar-refractivity contribution in [1.82, 2.24) is 4.90 Å². The molecule has 0 bridgehead atoms. The average molecular weight is 434 g/mol. The van der Waals surface area contributed by atoms with E-state index < -0.39 is 17.7 Å². The van der Waals surface area contributed by atoms with Gasteiger partial charge in [-0.25, -0.2) is 0 Å². The summed E-state index contributed by atoms with van der Waals surface area (Å²) < 4.78 is 49.2. The van der Waals surface area contributed by atoms with Gasteiger partial charge in [0.05, 0.1) is 12.7 Å². The van der Waals surface area contributed by atoms with Gasteiger partial charge in [0.15, 0.2) is 11.5 Å². The molecular formula is C23H25F3N2O3. The molecule has 0 atom stereocenters. The summed E-state index contributed by atoms with van der Waals surface area (Å²) in [6.45, 7) is 4.91. The number of nitrogens with zero attached hydrogens (tertiary/aromatic N) is 2. The van der Waals surface area contributed by atoms with Gasteiger partial charge in [-0.15, -0.1) is 0 Å². The zero-order chi connectivity index (χ0) is 22.4. The molecule has 0 unspecified atom stereocenters. The average Bonchev–Trinajstić information content (AvgIpc) is 2.74. The standard InChI is InChI=1S/C23H25F3N2O3/c1-17(29)31-21-9-8-18(15-22(21)30-2)5-4-10-27-11-13-28(14-12-27)20-7-3-6-19(16-20)23(24,25)26/h3-9,15-16H,10-14H2,1-2H3. The third kappa shape index (κ3) is 6.24. The minimum Gasteiger partial charge on any atom is -0.493 e. The van der Waals surface area contributed by atoms with Gasteiger partial charge in [0.25, 0.3) is 0 Å². The van der Waals surface area contributed by atoms with Crippen LogP contribution in [0.1, 0.15) is 18.1 Å². The predicted molar refractivity (Wildman–Crippen MR) is 113 cm³/mol. The van der Waals surface area contributed by atoms with E-state index in [-0.39, 0.29) is 0 Å². The summed E-state index contributed by atoms with van der Waals surface area (Å²) in [5, 5.41) is 0. The second-order valence-corrected chi connectivity index (χ2v) is 7.24. The van der Waals surface area contributed by atoms with Crippen molar-refractivity contribution in [2.75, 3.05) is 44.7 Å². The molecule has 0 saturated carbocycles. The number of hydrogen-bond acceptors (Lipinski definition) is 5. The van der Waals surface area contributed by atoms with Crippen LogP contribution in [0.15, 0.2) is 48.5 Å². The first-order valence-corrected chi connectivity index (χ1v) is 9.94. The van der Waals surface area contributed by atoms with Crippen LogP contribution in [-0.4, -0.2) is 50.7 Å². The summed E-state index contributed by atoms with van der Waals surface area (Å²) in [5.41, 5.74) is 0.894. The molecule has 0 spiro atoms. The van der Waals surface area contributed by atoms with Crippen molar-refractivity contribution in [1.29, 1.82) is 0 Å². The SMILES string of the molecule is COc1cc(C=CCN2CCN(c3cccc(C(F)(F)F)c3)CC2)ccc1OC(C)=O. The largest absolute Gasteiger partial charge is 0.493 e. The number of esters is 1. The normalized spacial score (nSPS) is 15.3. The summed E-state index contributed by atoms with van der Waals surface area (Å²) in [4.78, 5) is 15.4. The first-order chi connectivity index (χ1) is 14.8. The molecule has 31 heavy (non-hydrogen) atoms. The minimum absolute atomic E-state index is 0.373. The van der Waals surface area contributed by atoms with E-state index in [9.17, 15) is 18.0 Å². The third-order valence-electron chi connectivity index (χ3n) is 5.03. The van der Waals surface area contributed by atoms with Gasteiger partial charge >= 0.3 is 12.1 Å². The molecule has 2 aromatic rings. The zero-order valence-corrected chi connectivity index (χ0v) is 17.5. The molecule has 1 heterocycles. The Bertz CT molecular complexity index is 936. The van der Waals surface area contributed by atoms with Crippen molar-refractivity contribution >= 4 is 17.7 Å². The van der Waals surface area contributed by atoms with Crippen LogP contribution >= 0.6 is 0 Å². The van der Waals surface area contributed by atoms with Crippen LogP contribution in [0, 0.1) is 0 Å². The van der Waals surface area contributed by atoms with Crippen molar-refractivity contribution in [2.45, 2.75) is 13.1 Å². The van der Waals surface area contributed by atoms with Crippen LogP contribution in [0.4, 0.5) is 18.9 Å². The van der Waals surface area contributed by atoms with Gasteiger partial charge in [0.2, 0.25) is 0 Å². The molecule has 1 fully saturated rings. The fourth-order valence-electron chi connectivity index (χ4n) is 3.43. The molecule has 0 aliphatic carbocycles. The Morgan fingerprint density at radius 2 is 1.81 bits per heavy atom. The van der Waals surface area contributed by atoms with Gasteiger partial charge in [-0.1, -0.05) is 24.3 Å². The fourth-order valence-corrected chi connectivity index (χ4v) is 3.43. The molecule has 166 valence electrons. The third-order valence-corrected chi connectivity index (χ3v) is 5.03. The van der Waals surface area contributed by atoms with E-state index in [2.05, 4.69) is 4.90 Å². The summed E-state index contributed by atoms with van der Waals surface area (Å²) in [6, 6.07) is 10.8. The molecule has 1 aliphatic rings. The number of halogens is 3. The van der Waals surface area contributed by atoms with Crippen LogP contribution in [0.5, 0.6) is 11.5 Å². The lowest BCUT2D eigenvalue weighted by atomic mass is 10.1. The summed E-state index contributed by atoms with van der Waals surface area (Å²) in [5.74, 6) is 0.441. The van der Waals surface area contributed by atoms with E-state index in [1.165, 1.54) is 26.2 Å². The number of ether oxygens (including phenoxy) is 2. The predicted octanol–water partition coefficient (Wildman–Crippen LogP) is 4.47. The Kier molecular flexibility index (Phi) is 7.22. The second kappa shape index (κ2) is 9.87. The smallest absolute Gasteiger partial charge is 0.416 e. The van der Waals surface area contributed by atoms with Gasteiger partial charge in [-0.05, 0) is 35.9 Å². The second-order valence-electron chi connectivity index (χ2n) is 7.24. The summed E-state index contributed by atoms with van der Waals surface area (Å²) >= 11 is 0.